The first-order chi connectivity index (χ1) is 8.93. The van der Waals surface area contributed by atoms with Crippen molar-refractivity contribution in [2.45, 2.75) is 16.9 Å². The number of sulfonamides is 1. The van der Waals surface area contributed by atoms with Crippen molar-refractivity contribution in [2.24, 2.45) is 0 Å². The Morgan fingerprint density at radius 3 is 2.68 bits per heavy atom. The zero-order chi connectivity index (χ0) is 14.1. The van der Waals surface area contributed by atoms with Crippen LogP contribution in [0.5, 0.6) is 0 Å². The number of nitrogens with zero attached hydrogens (tertiary/aromatic N) is 2. The fourth-order valence-corrected chi connectivity index (χ4v) is 3.74. The molecule has 0 saturated carbocycles. The Morgan fingerprint density at radius 1 is 1.42 bits per heavy atom. The molecule has 1 unspecified atom stereocenters. The van der Waals surface area contributed by atoms with Crippen molar-refractivity contribution < 1.29 is 18.6 Å². The molecule has 1 fully saturated rings. The van der Waals surface area contributed by atoms with Gasteiger partial charge in [0, 0.05) is 13.1 Å². The zero-order valence-electron chi connectivity index (χ0n) is 10.2. The molecular weight excluding hydrogens is 268 g/mol. The first-order valence-electron chi connectivity index (χ1n) is 5.75. The van der Waals surface area contributed by atoms with Crippen LogP contribution in [-0.2, 0) is 10.0 Å². The van der Waals surface area contributed by atoms with E-state index in [0.717, 1.165) is 4.31 Å². The van der Waals surface area contributed by atoms with Crippen LogP contribution in [0.3, 0.4) is 0 Å². The van der Waals surface area contributed by atoms with Crippen LogP contribution in [0.1, 0.15) is 12.0 Å². The van der Waals surface area contributed by atoms with Gasteiger partial charge in [0.2, 0.25) is 10.0 Å². The summed E-state index contributed by atoms with van der Waals surface area (Å²) in [6.45, 7) is -0.524. The molecule has 7 heteroatoms. The number of β-amino-alcohol motifs (C(OH)–C–C–N with tert-alkyl or cyclic N) is 1. The van der Waals surface area contributed by atoms with Crippen LogP contribution in [0, 0.1) is 11.3 Å². The van der Waals surface area contributed by atoms with E-state index in [1.54, 1.807) is 12.1 Å². The Morgan fingerprint density at radius 2 is 2.11 bits per heavy atom. The summed E-state index contributed by atoms with van der Waals surface area (Å²) in [5, 5.41) is 27.9. The predicted octanol–water partition coefficient (Wildman–Crippen LogP) is -0.324. The van der Waals surface area contributed by atoms with E-state index in [4.69, 9.17) is 10.4 Å². The molecule has 1 aliphatic rings. The maximum absolute atomic E-state index is 12.4. The maximum Gasteiger partial charge on any atom is 0.244 e. The van der Waals surface area contributed by atoms with Crippen LogP contribution < -0.4 is 0 Å². The molecule has 0 bridgehead atoms. The molecule has 1 heterocycles. The second-order valence-electron chi connectivity index (χ2n) is 4.58. The van der Waals surface area contributed by atoms with Crippen LogP contribution in [0.2, 0.25) is 0 Å². The summed E-state index contributed by atoms with van der Waals surface area (Å²) in [6, 6.07) is 7.77. The lowest BCUT2D eigenvalue weighted by Gasteiger charge is -2.21. The van der Waals surface area contributed by atoms with Gasteiger partial charge < -0.3 is 10.2 Å². The highest BCUT2D eigenvalue weighted by molar-refractivity contribution is 7.89. The Kier molecular flexibility index (Phi) is 3.60. The average Bonchev–Trinajstić information content (AvgIpc) is 2.83. The van der Waals surface area contributed by atoms with Crippen molar-refractivity contribution in [3.05, 3.63) is 29.8 Å². The van der Waals surface area contributed by atoms with E-state index in [-0.39, 0.29) is 30.0 Å². The monoisotopic (exact) mass is 282 g/mol. The SMILES string of the molecule is N#Cc1ccccc1S(=O)(=O)N1CCC(O)(CO)C1. The van der Waals surface area contributed by atoms with Gasteiger partial charge in [0.05, 0.1) is 17.1 Å². The van der Waals surface area contributed by atoms with Gasteiger partial charge in [-0.2, -0.15) is 9.57 Å². The van der Waals surface area contributed by atoms with Gasteiger partial charge in [-0.25, -0.2) is 8.42 Å². The lowest BCUT2D eigenvalue weighted by atomic mass is 10.1. The number of hydrogen-bond donors (Lipinski definition) is 2. The molecule has 1 atom stereocenters. The van der Waals surface area contributed by atoms with Crippen molar-refractivity contribution in [1.29, 1.82) is 5.26 Å². The van der Waals surface area contributed by atoms with Crippen molar-refractivity contribution in [3.8, 4) is 6.07 Å². The molecule has 0 amide bonds. The van der Waals surface area contributed by atoms with Gasteiger partial charge in [0.25, 0.3) is 0 Å². The van der Waals surface area contributed by atoms with E-state index in [1.807, 2.05) is 6.07 Å². The van der Waals surface area contributed by atoms with Gasteiger partial charge in [-0.15, -0.1) is 0 Å². The minimum Gasteiger partial charge on any atom is -0.393 e. The van der Waals surface area contributed by atoms with E-state index in [1.165, 1.54) is 12.1 Å². The lowest BCUT2D eigenvalue weighted by Crippen LogP contribution is -2.38. The molecule has 19 heavy (non-hydrogen) atoms. The van der Waals surface area contributed by atoms with Crippen molar-refractivity contribution in [1.82, 2.24) is 4.31 Å². The highest BCUT2D eigenvalue weighted by Gasteiger charge is 2.41. The van der Waals surface area contributed by atoms with E-state index in [2.05, 4.69) is 0 Å². The number of nitriles is 1. The number of rotatable bonds is 3. The number of aliphatic hydroxyl groups is 2. The van der Waals surface area contributed by atoms with Gasteiger partial charge in [0.15, 0.2) is 0 Å². The molecule has 0 spiro atoms. The second-order valence-corrected chi connectivity index (χ2v) is 6.49. The molecule has 102 valence electrons. The van der Waals surface area contributed by atoms with Gasteiger partial charge in [-0.3, -0.25) is 0 Å². The van der Waals surface area contributed by atoms with E-state index >= 15 is 0 Å². The van der Waals surface area contributed by atoms with Gasteiger partial charge in [-0.1, -0.05) is 12.1 Å². The first kappa shape index (κ1) is 14.0. The zero-order valence-corrected chi connectivity index (χ0v) is 11.0. The van der Waals surface area contributed by atoms with Crippen LogP contribution >= 0.6 is 0 Å². The number of benzene rings is 1. The quantitative estimate of drug-likeness (QED) is 0.791. The third kappa shape index (κ3) is 2.48. The molecule has 1 aromatic carbocycles. The molecule has 2 N–H and O–H groups in total. The summed E-state index contributed by atoms with van der Waals surface area (Å²) in [6.07, 6.45) is 0.178. The normalized spacial score (nSPS) is 24.3. The maximum atomic E-state index is 12.4. The van der Waals surface area contributed by atoms with E-state index in [9.17, 15) is 13.5 Å². The first-order valence-corrected chi connectivity index (χ1v) is 7.19. The fourth-order valence-electron chi connectivity index (χ4n) is 2.08. The summed E-state index contributed by atoms with van der Waals surface area (Å²) in [7, 11) is -3.82. The van der Waals surface area contributed by atoms with Crippen molar-refractivity contribution in [3.63, 3.8) is 0 Å². The summed E-state index contributed by atoms with van der Waals surface area (Å²) < 4.78 is 25.9. The summed E-state index contributed by atoms with van der Waals surface area (Å²) in [5.41, 5.74) is -1.32. The van der Waals surface area contributed by atoms with Crippen molar-refractivity contribution in [2.75, 3.05) is 19.7 Å². The molecular formula is C12H14N2O4S. The van der Waals surface area contributed by atoms with Gasteiger partial charge in [0.1, 0.15) is 11.7 Å². The standard InChI is InChI=1S/C12H14N2O4S/c13-7-10-3-1-2-4-11(10)19(17,18)14-6-5-12(16,8-14)9-15/h1-4,15-16H,5-6,8-9H2. The Hall–Kier alpha value is -1.46. The fraction of sp³-hybridized carbons (Fsp3) is 0.417. The molecule has 1 aliphatic heterocycles. The highest BCUT2D eigenvalue weighted by atomic mass is 32.2. The van der Waals surface area contributed by atoms with Crippen LogP contribution in [0.4, 0.5) is 0 Å². The van der Waals surface area contributed by atoms with Crippen molar-refractivity contribution >= 4 is 10.0 Å². The smallest absolute Gasteiger partial charge is 0.244 e. The Bertz CT molecular complexity index is 623. The van der Waals surface area contributed by atoms with Gasteiger partial charge >= 0.3 is 0 Å². The Balaban J connectivity index is 2.37. The minimum atomic E-state index is -3.82. The van der Waals surface area contributed by atoms with E-state index in [0.29, 0.717) is 0 Å². The number of hydrogen-bond acceptors (Lipinski definition) is 5. The van der Waals surface area contributed by atoms with Gasteiger partial charge in [-0.05, 0) is 18.6 Å². The predicted molar refractivity (Wildman–Crippen MR) is 66.6 cm³/mol. The average molecular weight is 282 g/mol. The summed E-state index contributed by atoms with van der Waals surface area (Å²) >= 11 is 0. The lowest BCUT2D eigenvalue weighted by molar-refractivity contribution is -0.000734. The third-order valence-corrected chi connectivity index (χ3v) is 5.12. The molecule has 6 nitrogen and oxygen atoms in total. The van der Waals surface area contributed by atoms with E-state index < -0.39 is 22.2 Å². The molecule has 1 saturated heterocycles. The third-order valence-electron chi connectivity index (χ3n) is 3.22. The molecule has 0 aromatic heterocycles. The largest absolute Gasteiger partial charge is 0.393 e. The van der Waals surface area contributed by atoms with Crippen LogP contribution in [-0.4, -0.2) is 48.2 Å². The minimum absolute atomic E-state index is 0.0697. The molecule has 0 radical (unpaired) electrons. The summed E-state index contributed by atoms with van der Waals surface area (Å²) in [4.78, 5) is -0.0697. The topological polar surface area (TPSA) is 102 Å². The molecule has 0 aliphatic carbocycles. The highest BCUT2D eigenvalue weighted by Crippen LogP contribution is 2.28. The Labute approximate surface area is 111 Å². The van der Waals surface area contributed by atoms with Crippen LogP contribution in [0.15, 0.2) is 29.2 Å². The van der Waals surface area contributed by atoms with Crippen LogP contribution in [0.25, 0.3) is 0 Å². The molecule has 2 rings (SSSR count). The second kappa shape index (κ2) is 4.90. The summed E-state index contributed by atoms with van der Waals surface area (Å²) in [5.74, 6) is 0. The molecule has 1 aromatic rings. The number of aliphatic hydroxyl groups excluding tert-OH is 1.